The molecule has 0 radical (unpaired) electrons. The normalized spacial score (nSPS) is 25.8. The minimum absolute atomic E-state index is 0.0528. The Kier molecular flexibility index (Phi) is 4.36. The summed E-state index contributed by atoms with van der Waals surface area (Å²) in [5.74, 6) is -0.0528. The van der Waals surface area contributed by atoms with Crippen molar-refractivity contribution in [2.24, 2.45) is 16.3 Å². The minimum Gasteiger partial charge on any atom is -0.352 e. The molecule has 7 heteroatoms. The molecule has 0 heterocycles. The van der Waals surface area contributed by atoms with E-state index < -0.39 is 15.4 Å². The van der Waals surface area contributed by atoms with Crippen molar-refractivity contribution in [3.8, 4) is 0 Å². The molecular formula is C14H21N3O3S. The fraction of sp³-hybridized carbons (Fsp3) is 0.500. The van der Waals surface area contributed by atoms with Gasteiger partial charge in [0.05, 0.1) is 10.3 Å². The van der Waals surface area contributed by atoms with Gasteiger partial charge in [-0.2, -0.15) is 0 Å². The van der Waals surface area contributed by atoms with E-state index in [4.69, 9.17) is 10.9 Å². The summed E-state index contributed by atoms with van der Waals surface area (Å²) in [5.41, 5.74) is 6.31. The van der Waals surface area contributed by atoms with Crippen LogP contribution in [0.4, 0.5) is 0 Å². The second-order valence-electron chi connectivity index (χ2n) is 5.79. The average molecular weight is 311 g/mol. The standard InChI is InChI=1S/C14H21N3O3S/c1-14(8-2-3-12(14)15)13(18)17-9-10-4-6-11(7-5-10)21(16,19)20/h4-7,12H,2-3,8-9,15H2,1H3,(H,17,18)(H2,16,19,20). The lowest BCUT2D eigenvalue weighted by Gasteiger charge is -2.27. The van der Waals surface area contributed by atoms with Crippen LogP contribution in [0.25, 0.3) is 0 Å². The number of primary sulfonamides is 1. The van der Waals surface area contributed by atoms with Gasteiger partial charge in [-0.15, -0.1) is 0 Å². The Labute approximate surface area is 124 Å². The van der Waals surface area contributed by atoms with Gasteiger partial charge in [0, 0.05) is 12.6 Å². The number of hydrogen-bond donors (Lipinski definition) is 3. The van der Waals surface area contributed by atoms with Gasteiger partial charge in [0.1, 0.15) is 0 Å². The zero-order chi connectivity index (χ0) is 15.7. The van der Waals surface area contributed by atoms with Crippen molar-refractivity contribution in [3.05, 3.63) is 29.8 Å². The van der Waals surface area contributed by atoms with Gasteiger partial charge in [0.2, 0.25) is 15.9 Å². The van der Waals surface area contributed by atoms with Crippen molar-refractivity contribution in [1.29, 1.82) is 0 Å². The summed E-state index contributed by atoms with van der Waals surface area (Å²) in [5, 5.41) is 7.90. The number of carbonyl (C=O) groups is 1. The lowest BCUT2D eigenvalue weighted by Crippen LogP contribution is -2.47. The van der Waals surface area contributed by atoms with Gasteiger partial charge in [-0.05, 0) is 37.5 Å². The van der Waals surface area contributed by atoms with E-state index >= 15 is 0 Å². The molecule has 2 atom stereocenters. The number of benzene rings is 1. The molecule has 1 saturated carbocycles. The number of nitrogens with one attached hydrogen (secondary N) is 1. The number of sulfonamides is 1. The van der Waals surface area contributed by atoms with Crippen LogP contribution < -0.4 is 16.2 Å². The fourth-order valence-electron chi connectivity index (χ4n) is 2.66. The summed E-state index contributed by atoms with van der Waals surface area (Å²) in [6.45, 7) is 2.23. The molecule has 1 aliphatic rings. The molecular weight excluding hydrogens is 290 g/mol. The van der Waals surface area contributed by atoms with Crippen LogP contribution in [0.15, 0.2) is 29.2 Å². The predicted molar refractivity (Wildman–Crippen MR) is 79.6 cm³/mol. The maximum atomic E-state index is 12.3. The zero-order valence-corrected chi connectivity index (χ0v) is 12.8. The Morgan fingerprint density at radius 3 is 2.48 bits per heavy atom. The number of hydrogen-bond acceptors (Lipinski definition) is 4. The number of amides is 1. The first-order valence-electron chi connectivity index (χ1n) is 6.89. The molecule has 5 N–H and O–H groups in total. The van der Waals surface area contributed by atoms with E-state index in [1.54, 1.807) is 12.1 Å². The second kappa shape index (κ2) is 5.75. The largest absolute Gasteiger partial charge is 0.352 e. The molecule has 1 aliphatic carbocycles. The van der Waals surface area contributed by atoms with Crippen molar-refractivity contribution < 1.29 is 13.2 Å². The monoisotopic (exact) mass is 311 g/mol. The highest BCUT2D eigenvalue weighted by atomic mass is 32.2. The molecule has 1 amide bonds. The van der Waals surface area contributed by atoms with E-state index in [9.17, 15) is 13.2 Å². The van der Waals surface area contributed by atoms with Gasteiger partial charge in [-0.1, -0.05) is 18.6 Å². The van der Waals surface area contributed by atoms with Crippen LogP contribution in [0.1, 0.15) is 31.7 Å². The highest BCUT2D eigenvalue weighted by Crippen LogP contribution is 2.36. The molecule has 1 aromatic carbocycles. The predicted octanol–water partition coefficient (Wildman–Crippen LogP) is 0.468. The van der Waals surface area contributed by atoms with Crippen LogP contribution >= 0.6 is 0 Å². The number of rotatable bonds is 4. The van der Waals surface area contributed by atoms with E-state index in [0.29, 0.717) is 6.54 Å². The molecule has 2 unspecified atom stereocenters. The highest BCUT2D eigenvalue weighted by Gasteiger charge is 2.42. The Bertz CT molecular complexity index is 627. The maximum Gasteiger partial charge on any atom is 0.238 e. The first kappa shape index (κ1) is 15.9. The zero-order valence-electron chi connectivity index (χ0n) is 12.0. The lowest BCUT2D eigenvalue weighted by molar-refractivity contribution is -0.130. The molecule has 116 valence electrons. The fourth-order valence-corrected chi connectivity index (χ4v) is 3.17. The van der Waals surface area contributed by atoms with Gasteiger partial charge in [-0.25, -0.2) is 13.6 Å². The van der Waals surface area contributed by atoms with Crippen LogP contribution in [0.5, 0.6) is 0 Å². The maximum absolute atomic E-state index is 12.3. The van der Waals surface area contributed by atoms with Crippen molar-refractivity contribution in [3.63, 3.8) is 0 Å². The molecule has 0 bridgehead atoms. The van der Waals surface area contributed by atoms with Crippen molar-refractivity contribution in [1.82, 2.24) is 5.32 Å². The smallest absolute Gasteiger partial charge is 0.238 e. The molecule has 0 saturated heterocycles. The Hall–Kier alpha value is -1.44. The third-order valence-electron chi connectivity index (χ3n) is 4.25. The van der Waals surface area contributed by atoms with Crippen molar-refractivity contribution in [2.75, 3.05) is 0 Å². The molecule has 2 rings (SSSR count). The molecule has 6 nitrogen and oxygen atoms in total. The summed E-state index contributed by atoms with van der Waals surface area (Å²) < 4.78 is 22.3. The van der Waals surface area contributed by atoms with Crippen LogP contribution in [0.3, 0.4) is 0 Å². The first-order chi connectivity index (χ1) is 9.73. The Balaban J connectivity index is 1.99. The van der Waals surface area contributed by atoms with Crippen molar-refractivity contribution >= 4 is 15.9 Å². The molecule has 1 aromatic rings. The van der Waals surface area contributed by atoms with E-state index in [0.717, 1.165) is 24.8 Å². The van der Waals surface area contributed by atoms with Gasteiger partial charge >= 0.3 is 0 Å². The summed E-state index contributed by atoms with van der Waals surface area (Å²) in [6.07, 6.45) is 2.63. The van der Waals surface area contributed by atoms with Gasteiger partial charge in [0.25, 0.3) is 0 Å². The quantitative estimate of drug-likeness (QED) is 0.749. The average Bonchev–Trinajstić information content (AvgIpc) is 2.77. The van der Waals surface area contributed by atoms with E-state index in [2.05, 4.69) is 5.32 Å². The molecule has 0 aliphatic heterocycles. The van der Waals surface area contributed by atoms with Crippen LogP contribution in [-0.4, -0.2) is 20.4 Å². The van der Waals surface area contributed by atoms with Crippen LogP contribution in [0, 0.1) is 5.41 Å². The molecule has 0 aromatic heterocycles. The topological polar surface area (TPSA) is 115 Å². The minimum atomic E-state index is -3.68. The van der Waals surface area contributed by atoms with Crippen molar-refractivity contribution in [2.45, 2.75) is 43.7 Å². The lowest BCUT2D eigenvalue weighted by atomic mass is 9.84. The Morgan fingerprint density at radius 2 is 2.00 bits per heavy atom. The summed E-state index contributed by atoms with van der Waals surface area (Å²) in [4.78, 5) is 12.3. The van der Waals surface area contributed by atoms with Crippen LogP contribution in [0.2, 0.25) is 0 Å². The second-order valence-corrected chi connectivity index (χ2v) is 7.35. The number of carbonyl (C=O) groups excluding carboxylic acids is 1. The Morgan fingerprint density at radius 1 is 1.38 bits per heavy atom. The first-order valence-corrected chi connectivity index (χ1v) is 8.44. The third kappa shape index (κ3) is 3.42. The summed E-state index contributed by atoms with van der Waals surface area (Å²) in [6, 6.07) is 6.02. The SMILES string of the molecule is CC1(C(=O)NCc2ccc(S(N)(=O)=O)cc2)CCCC1N. The summed E-state index contributed by atoms with van der Waals surface area (Å²) >= 11 is 0. The van der Waals surface area contributed by atoms with Gasteiger partial charge in [-0.3, -0.25) is 4.79 Å². The molecule has 0 spiro atoms. The van der Waals surface area contributed by atoms with Gasteiger partial charge < -0.3 is 11.1 Å². The van der Waals surface area contributed by atoms with E-state index in [1.165, 1.54) is 12.1 Å². The van der Waals surface area contributed by atoms with Crippen LogP contribution in [-0.2, 0) is 21.4 Å². The molecule has 21 heavy (non-hydrogen) atoms. The van der Waals surface area contributed by atoms with Gasteiger partial charge in [0.15, 0.2) is 0 Å². The number of nitrogens with two attached hydrogens (primary N) is 2. The van der Waals surface area contributed by atoms with E-state index in [1.807, 2.05) is 6.92 Å². The molecule has 1 fully saturated rings. The highest BCUT2D eigenvalue weighted by molar-refractivity contribution is 7.89. The van der Waals surface area contributed by atoms with E-state index in [-0.39, 0.29) is 16.8 Å². The third-order valence-corrected chi connectivity index (χ3v) is 5.18. The summed E-state index contributed by atoms with van der Waals surface area (Å²) in [7, 11) is -3.68.